The zero-order valence-corrected chi connectivity index (χ0v) is 18.0. The van der Waals surface area contributed by atoms with E-state index in [4.69, 9.17) is 15.2 Å². The minimum atomic E-state index is -0.197. The fourth-order valence-corrected chi connectivity index (χ4v) is 3.93. The number of aromatic amines is 1. The summed E-state index contributed by atoms with van der Waals surface area (Å²) in [6, 6.07) is 18.4. The maximum absolute atomic E-state index is 12.5. The topological polar surface area (TPSA) is 102 Å². The molecule has 0 radical (unpaired) electrons. The highest BCUT2D eigenvalue weighted by molar-refractivity contribution is 7.98. The molecule has 0 spiro atoms. The highest BCUT2D eigenvalue weighted by Gasteiger charge is 2.11. The van der Waals surface area contributed by atoms with Crippen molar-refractivity contribution in [3.63, 3.8) is 0 Å². The van der Waals surface area contributed by atoms with Gasteiger partial charge in [-0.05, 0) is 29.8 Å². The second-order valence-corrected chi connectivity index (χ2v) is 7.76. The number of ether oxygens (including phenoxy) is 2. The molecule has 0 aliphatic heterocycles. The first-order valence-electron chi connectivity index (χ1n) is 9.56. The third-order valence-electron chi connectivity index (χ3n) is 4.77. The molecule has 7 nitrogen and oxygen atoms in total. The number of benzene rings is 3. The summed E-state index contributed by atoms with van der Waals surface area (Å²) in [6.07, 6.45) is 0. The minimum Gasteiger partial charge on any atom is -0.493 e. The molecule has 1 heterocycles. The fraction of sp³-hybridized carbons (Fsp3) is 0.130. The number of amides is 1. The van der Waals surface area contributed by atoms with Crippen LogP contribution in [0.1, 0.15) is 15.9 Å². The zero-order valence-electron chi connectivity index (χ0n) is 17.1. The standard InChI is InChI=1S/C23H22N4O3S/c1-29-20-11-18-19(12-21(20)30-2)27-23(26-18)31-13-14-7-9-15(10-8-14)22(28)25-17-6-4-3-5-16(17)24/h3-12H,13,24H2,1-2H3,(H,25,28)(H,26,27). The summed E-state index contributed by atoms with van der Waals surface area (Å²) in [7, 11) is 3.21. The Bertz CT molecular complexity index is 1180. The first-order chi connectivity index (χ1) is 15.1. The van der Waals surface area contributed by atoms with E-state index in [2.05, 4.69) is 15.3 Å². The molecule has 3 aromatic carbocycles. The number of imidazole rings is 1. The van der Waals surface area contributed by atoms with Gasteiger partial charge in [-0.3, -0.25) is 4.79 Å². The summed E-state index contributed by atoms with van der Waals surface area (Å²) in [4.78, 5) is 20.4. The third kappa shape index (κ3) is 4.59. The molecular weight excluding hydrogens is 412 g/mol. The number of nitrogens with one attached hydrogen (secondary N) is 2. The van der Waals surface area contributed by atoms with E-state index >= 15 is 0 Å². The van der Waals surface area contributed by atoms with Gasteiger partial charge in [0.05, 0.1) is 36.6 Å². The maximum atomic E-state index is 12.5. The molecule has 0 bridgehead atoms. The van der Waals surface area contributed by atoms with Crippen molar-refractivity contribution >= 4 is 40.1 Å². The number of carbonyl (C=O) groups excluding carboxylic acids is 1. The number of carbonyl (C=O) groups is 1. The van der Waals surface area contributed by atoms with Crippen LogP contribution in [0.4, 0.5) is 11.4 Å². The number of hydrogen-bond donors (Lipinski definition) is 3. The Kier molecular flexibility index (Phi) is 5.99. The van der Waals surface area contributed by atoms with E-state index in [1.165, 1.54) is 0 Å². The first kappa shape index (κ1) is 20.6. The van der Waals surface area contributed by atoms with Crippen LogP contribution in [0.5, 0.6) is 11.5 Å². The number of nitrogens with zero attached hydrogens (tertiary/aromatic N) is 1. The molecule has 0 atom stereocenters. The molecule has 1 aromatic heterocycles. The number of thioether (sulfide) groups is 1. The monoisotopic (exact) mass is 434 g/mol. The second kappa shape index (κ2) is 9.01. The van der Waals surface area contributed by atoms with Crippen molar-refractivity contribution in [2.45, 2.75) is 10.9 Å². The average Bonchev–Trinajstić information content (AvgIpc) is 3.20. The Morgan fingerprint density at radius 3 is 2.48 bits per heavy atom. The fourth-order valence-electron chi connectivity index (χ4n) is 3.09. The lowest BCUT2D eigenvalue weighted by molar-refractivity contribution is 0.102. The lowest BCUT2D eigenvalue weighted by atomic mass is 10.1. The number of aromatic nitrogens is 2. The van der Waals surface area contributed by atoms with Gasteiger partial charge in [-0.2, -0.15) is 0 Å². The summed E-state index contributed by atoms with van der Waals surface area (Å²) in [5.41, 5.74) is 10.4. The average molecular weight is 435 g/mol. The molecule has 0 fully saturated rings. The van der Waals surface area contributed by atoms with Gasteiger partial charge in [-0.1, -0.05) is 36.0 Å². The van der Waals surface area contributed by atoms with Crippen molar-refractivity contribution in [1.29, 1.82) is 0 Å². The summed E-state index contributed by atoms with van der Waals surface area (Å²) in [5.74, 6) is 1.81. The smallest absolute Gasteiger partial charge is 0.255 e. The normalized spacial score (nSPS) is 10.8. The van der Waals surface area contributed by atoms with Crippen LogP contribution in [0.25, 0.3) is 11.0 Å². The molecule has 158 valence electrons. The number of nitrogens with two attached hydrogens (primary N) is 1. The van der Waals surface area contributed by atoms with Gasteiger partial charge in [0, 0.05) is 23.4 Å². The number of para-hydroxylation sites is 2. The third-order valence-corrected chi connectivity index (χ3v) is 5.71. The molecule has 0 saturated carbocycles. The van der Waals surface area contributed by atoms with Gasteiger partial charge in [-0.25, -0.2) is 4.98 Å². The van der Waals surface area contributed by atoms with Crippen molar-refractivity contribution in [1.82, 2.24) is 9.97 Å². The van der Waals surface area contributed by atoms with E-state index in [1.807, 2.05) is 36.4 Å². The largest absolute Gasteiger partial charge is 0.493 e. The van der Waals surface area contributed by atoms with E-state index in [9.17, 15) is 4.79 Å². The van der Waals surface area contributed by atoms with Crippen LogP contribution in [0, 0.1) is 0 Å². The van der Waals surface area contributed by atoms with Crippen LogP contribution in [0.2, 0.25) is 0 Å². The predicted molar refractivity (Wildman–Crippen MR) is 124 cm³/mol. The lowest BCUT2D eigenvalue weighted by Crippen LogP contribution is -2.13. The van der Waals surface area contributed by atoms with E-state index in [1.54, 1.807) is 50.2 Å². The van der Waals surface area contributed by atoms with Crippen LogP contribution in [-0.4, -0.2) is 30.1 Å². The highest BCUT2D eigenvalue weighted by Crippen LogP contribution is 2.33. The SMILES string of the molecule is COc1cc2nc(SCc3ccc(C(=O)Nc4ccccc4N)cc3)[nH]c2cc1OC. The summed E-state index contributed by atoms with van der Waals surface area (Å²) < 4.78 is 10.7. The number of hydrogen-bond acceptors (Lipinski definition) is 6. The predicted octanol–water partition coefficient (Wildman–Crippen LogP) is 4.71. The quantitative estimate of drug-likeness (QED) is 0.288. The molecule has 4 aromatic rings. The highest BCUT2D eigenvalue weighted by atomic mass is 32.2. The number of anilines is 2. The van der Waals surface area contributed by atoms with Crippen LogP contribution >= 0.6 is 11.8 Å². The van der Waals surface area contributed by atoms with E-state index in [-0.39, 0.29) is 5.91 Å². The molecule has 0 aliphatic carbocycles. The summed E-state index contributed by atoms with van der Waals surface area (Å²) in [5, 5.41) is 3.63. The van der Waals surface area contributed by atoms with Crippen molar-refractivity contribution in [3.8, 4) is 11.5 Å². The molecule has 0 aliphatic rings. The molecule has 31 heavy (non-hydrogen) atoms. The molecule has 0 unspecified atom stereocenters. The van der Waals surface area contributed by atoms with Crippen LogP contribution in [0.15, 0.2) is 65.8 Å². The maximum Gasteiger partial charge on any atom is 0.255 e. The van der Waals surface area contributed by atoms with E-state index in [0.717, 1.165) is 21.8 Å². The number of methoxy groups -OCH3 is 2. The first-order valence-corrected chi connectivity index (χ1v) is 10.6. The van der Waals surface area contributed by atoms with Gasteiger partial charge in [0.1, 0.15) is 0 Å². The minimum absolute atomic E-state index is 0.197. The zero-order chi connectivity index (χ0) is 21.8. The Hall–Kier alpha value is -3.65. The molecule has 8 heteroatoms. The summed E-state index contributed by atoms with van der Waals surface area (Å²) in [6.45, 7) is 0. The molecular formula is C23H22N4O3S. The van der Waals surface area contributed by atoms with Gasteiger partial charge < -0.3 is 25.5 Å². The number of fused-ring (bicyclic) bond motifs is 1. The van der Waals surface area contributed by atoms with Gasteiger partial charge in [0.25, 0.3) is 5.91 Å². The van der Waals surface area contributed by atoms with Crippen molar-refractivity contribution in [3.05, 3.63) is 71.8 Å². The van der Waals surface area contributed by atoms with E-state index in [0.29, 0.717) is 34.2 Å². The Labute approximate surface area is 184 Å². The van der Waals surface area contributed by atoms with Crippen molar-refractivity contribution < 1.29 is 14.3 Å². The number of H-pyrrole nitrogens is 1. The van der Waals surface area contributed by atoms with Gasteiger partial charge in [-0.15, -0.1) is 0 Å². The molecule has 1 amide bonds. The lowest BCUT2D eigenvalue weighted by Gasteiger charge is -2.08. The van der Waals surface area contributed by atoms with Gasteiger partial charge >= 0.3 is 0 Å². The van der Waals surface area contributed by atoms with Crippen molar-refractivity contribution in [2.75, 3.05) is 25.3 Å². The Morgan fingerprint density at radius 2 is 1.77 bits per heavy atom. The molecule has 0 saturated heterocycles. The second-order valence-electron chi connectivity index (χ2n) is 6.79. The molecule has 4 rings (SSSR count). The van der Waals surface area contributed by atoms with Crippen LogP contribution < -0.4 is 20.5 Å². The van der Waals surface area contributed by atoms with Crippen molar-refractivity contribution in [2.24, 2.45) is 0 Å². The van der Waals surface area contributed by atoms with E-state index < -0.39 is 0 Å². The van der Waals surface area contributed by atoms with Gasteiger partial charge in [0.2, 0.25) is 0 Å². The Morgan fingerprint density at radius 1 is 1.06 bits per heavy atom. The molecule has 4 N–H and O–H groups in total. The van der Waals surface area contributed by atoms with Crippen LogP contribution in [0.3, 0.4) is 0 Å². The summed E-state index contributed by atoms with van der Waals surface area (Å²) >= 11 is 1.58. The Balaban J connectivity index is 1.41. The number of nitrogen functional groups attached to an aromatic ring is 1. The van der Waals surface area contributed by atoms with Crippen LogP contribution in [-0.2, 0) is 5.75 Å². The number of rotatable bonds is 7. The van der Waals surface area contributed by atoms with Gasteiger partial charge in [0.15, 0.2) is 16.7 Å².